The van der Waals surface area contributed by atoms with Crippen molar-refractivity contribution in [3.05, 3.63) is 12.2 Å². The lowest BCUT2D eigenvalue weighted by Crippen LogP contribution is -1.93. The van der Waals surface area contributed by atoms with Crippen LogP contribution in [0.2, 0.25) is 0 Å². The van der Waals surface area contributed by atoms with Crippen LogP contribution in [0.25, 0.3) is 0 Å². The number of carboxylic acids is 1. The van der Waals surface area contributed by atoms with Crippen molar-refractivity contribution < 1.29 is 9.90 Å². The van der Waals surface area contributed by atoms with Crippen LogP contribution < -0.4 is 0 Å². The Morgan fingerprint density at radius 1 is 0.600 bits per heavy atom. The summed E-state index contributed by atoms with van der Waals surface area (Å²) in [6.07, 6.45) is 28.6. The van der Waals surface area contributed by atoms with Gasteiger partial charge in [0.15, 0.2) is 0 Å². The molecule has 0 bridgehead atoms. The molecule has 0 aliphatic heterocycles. The molecule has 0 heterocycles. The van der Waals surface area contributed by atoms with Crippen LogP contribution in [-0.4, -0.2) is 11.1 Å². The molecule has 2 heteroatoms. The minimum absolute atomic E-state index is 0.343. The molecule has 0 fully saturated rings. The number of carboxylic acid groups (broad SMARTS) is 1. The maximum Gasteiger partial charge on any atom is 0.303 e. The highest BCUT2D eigenvalue weighted by Gasteiger charge is 1.97. The second-order valence-corrected chi connectivity index (χ2v) is 7.50. The van der Waals surface area contributed by atoms with Crippen molar-refractivity contribution in [1.82, 2.24) is 0 Å². The Morgan fingerprint density at radius 2 is 0.960 bits per heavy atom. The standard InChI is InChI=1S/C23H44O2/c1-2-3-4-5-6-7-8-9-10-11-12-13-14-15-16-17-18-19-20-21-22-23(24)25/h6-7H,2-5,8-22H2,1H3,(H,24,25). The number of hydrogen-bond acceptors (Lipinski definition) is 1. The molecular weight excluding hydrogens is 308 g/mol. The minimum Gasteiger partial charge on any atom is -0.481 e. The minimum atomic E-state index is -0.654. The van der Waals surface area contributed by atoms with Crippen molar-refractivity contribution in [2.75, 3.05) is 0 Å². The first-order valence-electron chi connectivity index (χ1n) is 11.1. The number of hydrogen-bond donors (Lipinski definition) is 1. The lowest BCUT2D eigenvalue weighted by Gasteiger charge is -2.03. The summed E-state index contributed by atoms with van der Waals surface area (Å²) < 4.78 is 0. The van der Waals surface area contributed by atoms with Gasteiger partial charge in [0.25, 0.3) is 0 Å². The predicted molar refractivity (Wildman–Crippen MR) is 110 cm³/mol. The first-order valence-corrected chi connectivity index (χ1v) is 11.1. The molecule has 2 nitrogen and oxygen atoms in total. The third kappa shape index (κ3) is 23.2. The molecule has 0 atom stereocenters. The monoisotopic (exact) mass is 352 g/mol. The Kier molecular flexibility index (Phi) is 20.6. The van der Waals surface area contributed by atoms with Crippen molar-refractivity contribution in [2.45, 2.75) is 129 Å². The summed E-state index contributed by atoms with van der Waals surface area (Å²) in [7, 11) is 0. The van der Waals surface area contributed by atoms with Gasteiger partial charge in [-0.3, -0.25) is 4.79 Å². The summed E-state index contributed by atoms with van der Waals surface area (Å²) in [5.74, 6) is -0.654. The number of allylic oxidation sites excluding steroid dienone is 2. The van der Waals surface area contributed by atoms with Crippen LogP contribution in [-0.2, 0) is 4.79 Å². The van der Waals surface area contributed by atoms with Gasteiger partial charge in [0.1, 0.15) is 0 Å². The number of aliphatic carboxylic acids is 1. The highest BCUT2D eigenvalue weighted by Crippen LogP contribution is 2.13. The van der Waals surface area contributed by atoms with Crippen LogP contribution in [0.5, 0.6) is 0 Å². The summed E-state index contributed by atoms with van der Waals surface area (Å²) in [5, 5.41) is 8.56. The topological polar surface area (TPSA) is 37.3 Å². The molecule has 0 rings (SSSR count). The van der Waals surface area contributed by atoms with Gasteiger partial charge in [0.2, 0.25) is 0 Å². The first-order chi connectivity index (χ1) is 12.3. The van der Waals surface area contributed by atoms with Crippen LogP contribution in [0.3, 0.4) is 0 Å². The van der Waals surface area contributed by atoms with Gasteiger partial charge in [-0.25, -0.2) is 0 Å². The van der Waals surface area contributed by atoms with Crippen molar-refractivity contribution in [1.29, 1.82) is 0 Å². The van der Waals surface area contributed by atoms with Gasteiger partial charge in [0, 0.05) is 6.42 Å². The third-order valence-electron chi connectivity index (χ3n) is 4.90. The van der Waals surface area contributed by atoms with Gasteiger partial charge < -0.3 is 5.11 Å². The van der Waals surface area contributed by atoms with E-state index in [1.807, 2.05) is 0 Å². The molecule has 25 heavy (non-hydrogen) atoms. The molecule has 148 valence electrons. The average molecular weight is 353 g/mol. The maximum absolute atomic E-state index is 10.4. The van der Waals surface area contributed by atoms with Crippen molar-refractivity contribution in [3.8, 4) is 0 Å². The molecule has 0 unspecified atom stereocenters. The lowest BCUT2D eigenvalue weighted by molar-refractivity contribution is -0.137. The van der Waals surface area contributed by atoms with E-state index in [1.165, 1.54) is 103 Å². The number of unbranched alkanes of at least 4 members (excludes halogenated alkanes) is 16. The van der Waals surface area contributed by atoms with E-state index < -0.39 is 5.97 Å². The zero-order chi connectivity index (χ0) is 18.4. The van der Waals surface area contributed by atoms with Gasteiger partial charge in [-0.15, -0.1) is 0 Å². The van der Waals surface area contributed by atoms with Gasteiger partial charge >= 0.3 is 5.97 Å². The molecule has 0 saturated heterocycles. The highest BCUT2D eigenvalue weighted by molar-refractivity contribution is 5.66. The first kappa shape index (κ1) is 24.2. The quantitative estimate of drug-likeness (QED) is 0.178. The number of carbonyl (C=O) groups is 1. The lowest BCUT2D eigenvalue weighted by atomic mass is 10.0. The molecular formula is C23H44O2. The number of rotatable bonds is 20. The highest BCUT2D eigenvalue weighted by atomic mass is 16.4. The van der Waals surface area contributed by atoms with E-state index in [0.29, 0.717) is 6.42 Å². The summed E-state index contributed by atoms with van der Waals surface area (Å²) in [5.41, 5.74) is 0. The maximum atomic E-state index is 10.4. The Morgan fingerprint density at radius 3 is 1.36 bits per heavy atom. The van der Waals surface area contributed by atoms with E-state index in [4.69, 9.17) is 5.11 Å². The fourth-order valence-corrected chi connectivity index (χ4v) is 3.23. The van der Waals surface area contributed by atoms with Gasteiger partial charge in [-0.1, -0.05) is 103 Å². The Hall–Kier alpha value is -0.790. The summed E-state index contributed by atoms with van der Waals surface area (Å²) >= 11 is 0. The molecule has 0 aliphatic carbocycles. The van der Waals surface area contributed by atoms with Gasteiger partial charge in [0.05, 0.1) is 0 Å². The Balaban J connectivity index is 3.04. The van der Waals surface area contributed by atoms with Gasteiger partial charge in [-0.05, 0) is 32.1 Å². The van der Waals surface area contributed by atoms with E-state index in [-0.39, 0.29) is 0 Å². The second-order valence-electron chi connectivity index (χ2n) is 7.50. The van der Waals surface area contributed by atoms with E-state index in [1.54, 1.807) is 0 Å². The van der Waals surface area contributed by atoms with Crippen LogP contribution >= 0.6 is 0 Å². The molecule has 0 aliphatic rings. The van der Waals surface area contributed by atoms with Crippen LogP contribution in [0.15, 0.2) is 12.2 Å². The molecule has 0 amide bonds. The van der Waals surface area contributed by atoms with Crippen LogP contribution in [0.1, 0.15) is 129 Å². The molecule has 0 aromatic carbocycles. The van der Waals surface area contributed by atoms with Crippen molar-refractivity contribution in [2.24, 2.45) is 0 Å². The Bertz CT molecular complexity index is 296. The Labute approximate surface area is 157 Å². The van der Waals surface area contributed by atoms with E-state index in [0.717, 1.165) is 12.8 Å². The van der Waals surface area contributed by atoms with Gasteiger partial charge in [-0.2, -0.15) is 0 Å². The van der Waals surface area contributed by atoms with E-state index in [2.05, 4.69) is 19.1 Å². The summed E-state index contributed by atoms with van der Waals surface area (Å²) in [4.78, 5) is 10.4. The molecule has 0 saturated carbocycles. The smallest absolute Gasteiger partial charge is 0.303 e. The SMILES string of the molecule is CCCCCC=CCCCCCCCCCCCCCCCC(=O)O. The fraction of sp³-hybridized carbons (Fsp3) is 0.870. The molecule has 0 aromatic rings. The van der Waals surface area contributed by atoms with Crippen molar-refractivity contribution in [3.63, 3.8) is 0 Å². The zero-order valence-corrected chi connectivity index (χ0v) is 16.9. The molecule has 0 radical (unpaired) electrons. The normalized spacial score (nSPS) is 11.4. The fourth-order valence-electron chi connectivity index (χ4n) is 3.23. The summed E-state index contributed by atoms with van der Waals surface area (Å²) in [6.45, 7) is 2.26. The van der Waals surface area contributed by atoms with Crippen molar-refractivity contribution >= 4 is 5.97 Å². The molecule has 0 spiro atoms. The van der Waals surface area contributed by atoms with E-state index in [9.17, 15) is 4.79 Å². The third-order valence-corrected chi connectivity index (χ3v) is 4.90. The van der Waals surface area contributed by atoms with Crippen LogP contribution in [0.4, 0.5) is 0 Å². The predicted octanol–water partition coefficient (Wildman–Crippen LogP) is 8.06. The molecule has 0 aromatic heterocycles. The second kappa shape index (κ2) is 21.3. The zero-order valence-electron chi connectivity index (χ0n) is 16.9. The van der Waals surface area contributed by atoms with E-state index >= 15 is 0 Å². The summed E-state index contributed by atoms with van der Waals surface area (Å²) in [6, 6.07) is 0. The van der Waals surface area contributed by atoms with Crippen LogP contribution in [0, 0.1) is 0 Å². The molecule has 1 N–H and O–H groups in total. The largest absolute Gasteiger partial charge is 0.481 e. The average Bonchev–Trinajstić information content (AvgIpc) is 2.60.